The van der Waals surface area contributed by atoms with Crippen LogP contribution in [0, 0.1) is 13.8 Å². The highest BCUT2D eigenvalue weighted by atomic mass is 15.2. The second kappa shape index (κ2) is 14.0. The van der Waals surface area contributed by atoms with E-state index in [-0.39, 0.29) is 21.7 Å². The molecule has 311 valence electrons. The number of allylic oxidation sites excluding steroid dienone is 3. The molecule has 0 spiro atoms. The molecule has 0 amide bonds. The number of para-hydroxylation sites is 1. The summed E-state index contributed by atoms with van der Waals surface area (Å²) in [4.78, 5) is 2.65. The molecular formula is C59H62BN2. The van der Waals surface area contributed by atoms with Gasteiger partial charge in [0.05, 0.1) is 0 Å². The van der Waals surface area contributed by atoms with Crippen LogP contribution in [0.5, 0.6) is 0 Å². The molecule has 62 heavy (non-hydrogen) atoms. The van der Waals surface area contributed by atoms with Gasteiger partial charge in [0, 0.05) is 44.8 Å². The molecule has 0 aromatic heterocycles. The van der Waals surface area contributed by atoms with E-state index in [0.717, 1.165) is 17.8 Å². The smallest absolute Gasteiger partial charge is 0.197 e. The first-order chi connectivity index (χ1) is 29.5. The molecule has 1 radical (unpaired) electrons. The van der Waals surface area contributed by atoms with E-state index in [0.29, 0.717) is 0 Å². The Hall–Kier alpha value is -5.54. The van der Waals surface area contributed by atoms with Crippen LogP contribution in [0.4, 0.5) is 22.7 Å². The SMILES string of the molecule is CC/C=C\C1=C(C)C(C)(C)c2cccc3c2N1c1c(C)c(-c2ccccc2C)cc(-c2c(Nc4ccc5c(c4)C(C)(C)CCC5(C)C)ccc4c2-c2ccccc2C4(C)C)c1[B]3. The van der Waals surface area contributed by atoms with Gasteiger partial charge in [0.15, 0.2) is 7.28 Å². The molecule has 10 rings (SSSR count). The summed E-state index contributed by atoms with van der Waals surface area (Å²) in [6.45, 7) is 28.5. The van der Waals surface area contributed by atoms with Crippen molar-refractivity contribution in [2.45, 2.75) is 124 Å². The number of rotatable bonds is 6. The number of hydrogen-bond acceptors (Lipinski definition) is 2. The Bertz CT molecular complexity index is 2930. The van der Waals surface area contributed by atoms with Crippen LogP contribution in [0.15, 0.2) is 127 Å². The van der Waals surface area contributed by atoms with Gasteiger partial charge in [-0.2, -0.15) is 0 Å². The summed E-state index contributed by atoms with van der Waals surface area (Å²) in [5.74, 6) is 0. The number of aryl methyl sites for hydroxylation is 1. The molecule has 0 saturated carbocycles. The average Bonchev–Trinajstić information content (AvgIpc) is 3.48. The summed E-state index contributed by atoms with van der Waals surface area (Å²) in [5, 5.41) is 4.14. The third kappa shape index (κ3) is 5.83. The zero-order chi connectivity index (χ0) is 43.7. The van der Waals surface area contributed by atoms with Crippen molar-refractivity contribution in [2.75, 3.05) is 10.2 Å². The quantitative estimate of drug-likeness (QED) is 0.169. The molecule has 6 aromatic rings. The van der Waals surface area contributed by atoms with Crippen molar-refractivity contribution in [1.82, 2.24) is 0 Å². The summed E-state index contributed by atoms with van der Waals surface area (Å²) in [7, 11) is 2.52. The lowest BCUT2D eigenvalue weighted by Crippen LogP contribution is -2.47. The van der Waals surface area contributed by atoms with Gasteiger partial charge in [-0.25, -0.2) is 0 Å². The Morgan fingerprint density at radius 1 is 0.597 bits per heavy atom. The Morgan fingerprint density at radius 3 is 2.02 bits per heavy atom. The van der Waals surface area contributed by atoms with Gasteiger partial charge in [0.2, 0.25) is 0 Å². The second-order valence-corrected chi connectivity index (χ2v) is 21.1. The van der Waals surface area contributed by atoms with Gasteiger partial charge in [0.25, 0.3) is 0 Å². The first kappa shape index (κ1) is 40.5. The first-order valence-corrected chi connectivity index (χ1v) is 23.1. The van der Waals surface area contributed by atoms with E-state index >= 15 is 0 Å². The van der Waals surface area contributed by atoms with Crippen LogP contribution in [0.3, 0.4) is 0 Å². The fourth-order valence-electron chi connectivity index (χ4n) is 11.6. The number of benzene rings is 6. The molecule has 2 nitrogen and oxygen atoms in total. The van der Waals surface area contributed by atoms with Crippen LogP contribution >= 0.6 is 0 Å². The molecule has 0 atom stereocenters. The van der Waals surface area contributed by atoms with Crippen LogP contribution in [-0.2, 0) is 21.7 Å². The fourth-order valence-corrected chi connectivity index (χ4v) is 11.6. The minimum Gasteiger partial charge on any atom is -0.355 e. The second-order valence-electron chi connectivity index (χ2n) is 21.1. The third-order valence-electron chi connectivity index (χ3n) is 15.7. The van der Waals surface area contributed by atoms with Crippen molar-refractivity contribution in [3.05, 3.63) is 165 Å². The van der Waals surface area contributed by atoms with E-state index in [1.807, 2.05) is 0 Å². The zero-order valence-corrected chi connectivity index (χ0v) is 39.1. The summed E-state index contributed by atoms with van der Waals surface area (Å²) in [6, 6.07) is 39.6. The van der Waals surface area contributed by atoms with E-state index in [9.17, 15) is 0 Å². The molecule has 3 heteroatoms. The van der Waals surface area contributed by atoms with Crippen LogP contribution < -0.4 is 21.1 Å². The highest BCUT2D eigenvalue weighted by Gasteiger charge is 2.44. The standard InChI is InChI=1S/C59H62BN2/c1-13-14-26-50-37(4)58(9,10)46-24-19-25-48-55(46)62(50)54-36(3)41(39-21-16-15-20-35(39)2)34-42(53(54)60-48)52-49(30-29-45-51(52)40-22-17-18-23-43(40)59(45,11)12)61-38-27-28-44-47(33-38)57(7,8)32-31-56(44,5)6/h14-30,33-34,61H,13,31-32H2,1-12H3/b26-14-. The Morgan fingerprint density at radius 2 is 1.27 bits per heavy atom. The lowest BCUT2D eigenvalue weighted by molar-refractivity contribution is 0.332. The third-order valence-corrected chi connectivity index (χ3v) is 15.7. The molecule has 1 N–H and O–H groups in total. The molecule has 4 aliphatic rings. The van der Waals surface area contributed by atoms with E-state index in [2.05, 4.69) is 216 Å². The monoisotopic (exact) mass is 810 g/mol. The number of fused-ring (bicyclic) bond motifs is 6. The van der Waals surface area contributed by atoms with Crippen molar-refractivity contribution < 1.29 is 0 Å². The van der Waals surface area contributed by atoms with Crippen LogP contribution in [0.1, 0.15) is 127 Å². The van der Waals surface area contributed by atoms with Gasteiger partial charge in [-0.05, 0) is 159 Å². The van der Waals surface area contributed by atoms with Gasteiger partial charge in [0.1, 0.15) is 0 Å². The van der Waals surface area contributed by atoms with Crippen molar-refractivity contribution in [2.24, 2.45) is 0 Å². The molecule has 2 aliphatic heterocycles. The Balaban J connectivity index is 1.32. The Kier molecular flexibility index (Phi) is 9.14. The number of hydrogen-bond donors (Lipinski definition) is 1. The fraction of sp³-hybridized carbons (Fsp3) is 0.322. The maximum absolute atomic E-state index is 4.14. The zero-order valence-electron chi connectivity index (χ0n) is 39.1. The number of anilines is 4. The van der Waals surface area contributed by atoms with E-state index in [1.54, 1.807) is 0 Å². The molecular weight excluding hydrogens is 747 g/mol. The Labute approximate surface area is 372 Å². The number of nitrogens with one attached hydrogen (secondary N) is 1. The number of nitrogens with zero attached hydrogens (tertiary/aromatic N) is 1. The van der Waals surface area contributed by atoms with Gasteiger partial charge in [-0.15, -0.1) is 0 Å². The van der Waals surface area contributed by atoms with Gasteiger partial charge < -0.3 is 10.2 Å². The molecule has 6 aromatic carbocycles. The predicted octanol–water partition coefficient (Wildman–Crippen LogP) is 14.7. The van der Waals surface area contributed by atoms with Crippen molar-refractivity contribution in [1.29, 1.82) is 0 Å². The summed E-state index contributed by atoms with van der Waals surface area (Å²) >= 11 is 0. The summed E-state index contributed by atoms with van der Waals surface area (Å²) in [6.07, 6.45) is 8.10. The minimum atomic E-state index is -0.161. The average molecular weight is 810 g/mol. The van der Waals surface area contributed by atoms with E-state index in [1.165, 1.54) is 119 Å². The molecule has 0 unspecified atom stereocenters. The topological polar surface area (TPSA) is 15.3 Å². The lowest BCUT2D eigenvalue weighted by Gasteiger charge is -2.47. The van der Waals surface area contributed by atoms with E-state index < -0.39 is 0 Å². The highest BCUT2D eigenvalue weighted by Crippen LogP contribution is 2.57. The molecule has 2 heterocycles. The van der Waals surface area contributed by atoms with Gasteiger partial charge in [-0.3, -0.25) is 0 Å². The maximum Gasteiger partial charge on any atom is 0.197 e. The highest BCUT2D eigenvalue weighted by molar-refractivity contribution is 6.73. The molecule has 0 bridgehead atoms. The molecule has 0 fully saturated rings. The lowest BCUT2D eigenvalue weighted by atomic mass is 9.55. The maximum atomic E-state index is 4.14. The van der Waals surface area contributed by atoms with Crippen molar-refractivity contribution in [3.63, 3.8) is 0 Å². The van der Waals surface area contributed by atoms with E-state index in [4.69, 9.17) is 0 Å². The van der Waals surface area contributed by atoms with Gasteiger partial charge in [-0.1, -0.05) is 153 Å². The first-order valence-electron chi connectivity index (χ1n) is 23.1. The van der Waals surface area contributed by atoms with Crippen molar-refractivity contribution >= 4 is 41.0 Å². The van der Waals surface area contributed by atoms with Crippen LogP contribution in [0.25, 0.3) is 33.4 Å². The van der Waals surface area contributed by atoms with Crippen molar-refractivity contribution in [3.8, 4) is 33.4 Å². The predicted molar refractivity (Wildman–Crippen MR) is 268 cm³/mol. The largest absolute Gasteiger partial charge is 0.355 e. The normalized spacial score (nSPS) is 18.1. The van der Waals surface area contributed by atoms with Crippen LogP contribution in [-0.4, -0.2) is 7.28 Å². The molecule has 2 aliphatic carbocycles. The van der Waals surface area contributed by atoms with Crippen LogP contribution in [0.2, 0.25) is 0 Å². The summed E-state index contributed by atoms with van der Waals surface area (Å²) < 4.78 is 0. The van der Waals surface area contributed by atoms with Gasteiger partial charge >= 0.3 is 0 Å². The minimum absolute atomic E-state index is 0.102. The molecule has 0 saturated heterocycles. The summed E-state index contributed by atoms with van der Waals surface area (Å²) in [5.41, 5.74) is 27.4.